The van der Waals surface area contributed by atoms with Gasteiger partial charge in [0.05, 0.1) is 6.04 Å². The predicted octanol–water partition coefficient (Wildman–Crippen LogP) is 5.16. The van der Waals surface area contributed by atoms with Crippen molar-refractivity contribution >= 4 is 15.9 Å². The van der Waals surface area contributed by atoms with Crippen LogP contribution in [0.5, 0.6) is 0 Å². The molecule has 1 heterocycles. The molecule has 1 rings (SSSR count). The second-order valence-electron chi connectivity index (χ2n) is 5.62. The van der Waals surface area contributed by atoms with Gasteiger partial charge in [-0.3, -0.25) is 0 Å². The van der Waals surface area contributed by atoms with Gasteiger partial charge < -0.3 is 9.73 Å². The summed E-state index contributed by atoms with van der Waals surface area (Å²) in [6.45, 7) is 10.1. The second-order valence-corrected chi connectivity index (χ2v) is 6.40. The zero-order valence-corrected chi connectivity index (χ0v) is 13.6. The van der Waals surface area contributed by atoms with Gasteiger partial charge in [-0.2, -0.15) is 0 Å². The van der Waals surface area contributed by atoms with E-state index < -0.39 is 0 Å². The Morgan fingerprint density at radius 1 is 1.22 bits per heavy atom. The third kappa shape index (κ3) is 5.57. The summed E-state index contributed by atoms with van der Waals surface area (Å²) in [4.78, 5) is 0. The molecular weight excluding hydrogens is 290 g/mol. The average molecular weight is 316 g/mol. The Morgan fingerprint density at radius 3 is 2.44 bits per heavy atom. The number of hydrogen-bond acceptors (Lipinski definition) is 2. The van der Waals surface area contributed by atoms with Gasteiger partial charge in [0, 0.05) is 0 Å². The molecule has 18 heavy (non-hydrogen) atoms. The van der Waals surface area contributed by atoms with Gasteiger partial charge in [-0.05, 0) is 65.7 Å². The van der Waals surface area contributed by atoms with Gasteiger partial charge in [0.15, 0.2) is 4.67 Å². The summed E-state index contributed by atoms with van der Waals surface area (Å²) in [6.07, 6.45) is 3.56. The van der Waals surface area contributed by atoms with Crippen LogP contribution in [0.3, 0.4) is 0 Å². The Hall–Kier alpha value is -0.280. The first kappa shape index (κ1) is 15.8. The summed E-state index contributed by atoms with van der Waals surface area (Å²) in [5.74, 6) is 2.52. The van der Waals surface area contributed by atoms with Gasteiger partial charge in [0.1, 0.15) is 5.76 Å². The van der Waals surface area contributed by atoms with E-state index >= 15 is 0 Å². The van der Waals surface area contributed by atoms with Crippen molar-refractivity contribution in [3.8, 4) is 0 Å². The minimum Gasteiger partial charge on any atom is -0.453 e. The second kappa shape index (κ2) is 8.00. The molecule has 0 aliphatic heterocycles. The lowest BCUT2D eigenvalue weighted by Gasteiger charge is -2.21. The maximum Gasteiger partial charge on any atom is 0.169 e. The van der Waals surface area contributed by atoms with E-state index in [9.17, 15) is 0 Å². The number of hydrogen-bond donors (Lipinski definition) is 1. The molecule has 0 radical (unpaired) electrons. The topological polar surface area (TPSA) is 25.2 Å². The van der Waals surface area contributed by atoms with E-state index in [2.05, 4.69) is 55.0 Å². The molecule has 0 amide bonds. The first-order valence-electron chi connectivity index (χ1n) is 7.01. The van der Waals surface area contributed by atoms with Gasteiger partial charge in [-0.1, -0.05) is 27.7 Å². The van der Waals surface area contributed by atoms with Crippen LogP contribution in [0.25, 0.3) is 0 Å². The van der Waals surface area contributed by atoms with Crippen LogP contribution in [0.2, 0.25) is 0 Å². The highest BCUT2D eigenvalue weighted by atomic mass is 79.9. The molecule has 0 aromatic carbocycles. The van der Waals surface area contributed by atoms with Gasteiger partial charge >= 0.3 is 0 Å². The molecular formula is C15H26BrNO. The molecule has 1 aromatic heterocycles. The van der Waals surface area contributed by atoms with E-state index in [0.717, 1.165) is 35.7 Å². The van der Waals surface area contributed by atoms with E-state index in [1.54, 1.807) is 0 Å². The normalized spacial score (nSPS) is 15.0. The minimum atomic E-state index is 0.338. The zero-order chi connectivity index (χ0) is 13.5. The van der Waals surface area contributed by atoms with Gasteiger partial charge in [-0.25, -0.2) is 0 Å². The van der Waals surface area contributed by atoms with Crippen LogP contribution < -0.4 is 5.32 Å². The Kier molecular flexibility index (Phi) is 7.02. The summed E-state index contributed by atoms with van der Waals surface area (Å²) in [7, 11) is 0. The lowest BCUT2D eigenvalue weighted by Crippen LogP contribution is -2.24. The highest BCUT2D eigenvalue weighted by molar-refractivity contribution is 9.10. The quantitative estimate of drug-likeness (QED) is 0.717. The summed E-state index contributed by atoms with van der Waals surface area (Å²) < 4.78 is 6.52. The van der Waals surface area contributed by atoms with Crippen LogP contribution >= 0.6 is 15.9 Å². The molecule has 2 nitrogen and oxygen atoms in total. The molecule has 0 aliphatic rings. The Labute approximate surface area is 120 Å². The summed E-state index contributed by atoms with van der Waals surface area (Å²) in [5, 5.41) is 3.59. The smallest absolute Gasteiger partial charge is 0.169 e. The first-order chi connectivity index (χ1) is 8.52. The number of halogens is 1. The van der Waals surface area contributed by atoms with Gasteiger partial charge in [-0.15, -0.1) is 0 Å². The average Bonchev–Trinajstić information content (AvgIpc) is 2.70. The first-order valence-corrected chi connectivity index (χ1v) is 7.80. The van der Waals surface area contributed by atoms with E-state index in [4.69, 9.17) is 4.42 Å². The highest BCUT2D eigenvalue weighted by Crippen LogP contribution is 2.28. The Morgan fingerprint density at radius 2 is 1.94 bits per heavy atom. The summed E-state index contributed by atoms with van der Waals surface area (Å²) in [5.41, 5.74) is 0. The lowest BCUT2D eigenvalue weighted by atomic mass is 9.92. The van der Waals surface area contributed by atoms with Crippen molar-refractivity contribution in [1.29, 1.82) is 0 Å². The maximum atomic E-state index is 5.70. The van der Waals surface area contributed by atoms with Crippen molar-refractivity contribution < 1.29 is 4.42 Å². The van der Waals surface area contributed by atoms with E-state index in [-0.39, 0.29) is 0 Å². The van der Waals surface area contributed by atoms with Crippen molar-refractivity contribution in [2.75, 3.05) is 6.54 Å². The highest BCUT2D eigenvalue weighted by Gasteiger charge is 2.18. The van der Waals surface area contributed by atoms with Crippen molar-refractivity contribution in [2.24, 2.45) is 11.8 Å². The summed E-state index contributed by atoms with van der Waals surface area (Å²) in [6, 6.07) is 4.38. The predicted molar refractivity (Wildman–Crippen MR) is 80.7 cm³/mol. The summed E-state index contributed by atoms with van der Waals surface area (Å²) >= 11 is 3.38. The van der Waals surface area contributed by atoms with Crippen molar-refractivity contribution in [3.05, 3.63) is 22.6 Å². The van der Waals surface area contributed by atoms with Crippen molar-refractivity contribution in [1.82, 2.24) is 5.32 Å². The van der Waals surface area contributed by atoms with Crippen molar-refractivity contribution in [3.63, 3.8) is 0 Å². The van der Waals surface area contributed by atoms with E-state index in [1.807, 2.05) is 6.07 Å². The molecule has 3 heteroatoms. The largest absolute Gasteiger partial charge is 0.453 e. The van der Waals surface area contributed by atoms with Gasteiger partial charge in [0.2, 0.25) is 0 Å². The number of furan rings is 1. The van der Waals surface area contributed by atoms with Crippen LogP contribution in [0.4, 0.5) is 0 Å². The fourth-order valence-corrected chi connectivity index (χ4v) is 2.76. The molecule has 0 saturated heterocycles. The van der Waals surface area contributed by atoms with Gasteiger partial charge in [0.25, 0.3) is 0 Å². The Balaban J connectivity index is 2.60. The molecule has 0 saturated carbocycles. The molecule has 0 fully saturated rings. The molecule has 1 N–H and O–H groups in total. The minimum absolute atomic E-state index is 0.338. The lowest BCUT2D eigenvalue weighted by molar-refractivity contribution is 0.318. The van der Waals surface area contributed by atoms with Crippen LogP contribution in [0.15, 0.2) is 21.2 Å². The number of nitrogens with one attached hydrogen (secondary N) is 1. The third-order valence-electron chi connectivity index (χ3n) is 3.09. The standard InChI is InChI=1S/C15H26BrNO/c1-5-8-17-13(10-12(4)9-11(2)3)14-6-7-15(16)18-14/h6-7,11-13,17H,5,8-10H2,1-4H3. The van der Waals surface area contributed by atoms with Crippen LogP contribution in [0.1, 0.15) is 58.8 Å². The van der Waals surface area contributed by atoms with Crippen LogP contribution in [0, 0.1) is 11.8 Å². The number of rotatable bonds is 8. The SMILES string of the molecule is CCCNC(CC(C)CC(C)C)c1ccc(Br)o1. The monoisotopic (exact) mass is 315 g/mol. The molecule has 0 bridgehead atoms. The molecule has 2 unspecified atom stereocenters. The molecule has 104 valence electrons. The molecule has 0 spiro atoms. The van der Waals surface area contributed by atoms with Crippen LogP contribution in [-0.2, 0) is 0 Å². The fraction of sp³-hybridized carbons (Fsp3) is 0.733. The third-order valence-corrected chi connectivity index (χ3v) is 3.52. The van der Waals surface area contributed by atoms with Crippen LogP contribution in [-0.4, -0.2) is 6.54 Å². The van der Waals surface area contributed by atoms with E-state index in [1.165, 1.54) is 6.42 Å². The molecule has 2 atom stereocenters. The molecule has 1 aromatic rings. The zero-order valence-electron chi connectivity index (χ0n) is 12.0. The van der Waals surface area contributed by atoms with Crippen molar-refractivity contribution in [2.45, 2.75) is 53.0 Å². The fourth-order valence-electron chi connectivity index (χ4n) is 2.44. The molecule has 0 aliphatic carbocycles. The maximum absolute atomic E-state index is 5.70. The van der Waals surface area contributed by atoms with E-state index in [0.29, 0.717) is 12.0 Å². The Bertz CT molecular complexity index is 335.